The molecule has 0 aliphatic heterocycles. The third-order valence-corrected chi connectivity index (χ3v) is 2.29. The van der Waals surface area contributed by atoms with Gasteiger partial charge in [0.25, 0.3) is 11.4 Å². The number of hydrogen-bond donors (Lipinski definition) is 1. The van der Waals surface area contributed by atoms with E-state index < -0.39 is 43.4 Å². The molecule has 0 aliphatic carbocycles. The van der Waals surface area contributed by atoms with Crippen LogP contribution in [-0.2, 0) is 11.4 Å². The minimum Gasteiger partial charge on any atom is -0.380 e. The lowest BCUT2D eigenvalue weighted by molar-refractivity contribution is -0.394. The van der Waals surface area contributed by atoms with Crippen molar-refractivity contribution < 1.29 is 22.8 Å². The van der Waals surface area contributed by atoms with Gasteiger partial charge in [0, 0.05) is 0 Å². The van der Waals surface area contributed by atoms with Gasteiger partial charge >= 0.3 is 11.4 Å². The van der Waals surface area contributed by atoms with Crippen LogP contribution < -0.4 is 4.18 Å². The summed E-state index contributed by atoms with van der Waals surface area (Å²) in [6.45, 7) is 0. The molecule has 1 aromatic rings. The highest BCUT2D eigenvalue weighted by Gasteiger charge is 2.26. The first-order chi connectivity index (χ1) is 7.82. The lowest BCUT2D eigenvalue weighted by Crippen LogP contribution is -2.01. The maximum absolute atomic E-state index is 10.5. The molecule has 11 heteroatoms. The Balaban J connectivity index is 3.41. The van der Waals surface area contributed by atoms with Gasteiger partial charge in [-0.25, -0.2) is 0 Å². The van der Waals surface area contributed by atoms with Crippen molar-refractivity contribution in [2.75, 3.05) is 0 Å². The van der Waals surface area contributed by atoms with Gasteiger partial charge in [-0.05, 0) is 0 Å². The molecule has 1 rings (SSSR count). The molecule has 17 heavy (non-hydrogen) atoms. The fraction of sp³-hybridized carbons (Fsp3) is 0. The second-order valence-corrected chi connectivity index (χ2v) is 3.57. The molecule has 9 nitrogen and oxygen atoms in total. The quantitative estimate of drug-likeness (QED) is 0.504. The normalized spacial score (nSPS) is 11.9. The van der Waals surface area contributed by atoms with Crippen molar-refractivity contribution in [3.05, 3.63) is 37.4 Å². The Morgan fingerprint density at radius 3 is 1.94 bits per heavy atom. The van der Waals surface area contributed by atoms with Gasteiger partial charge in [-0.15, -0.1) is 0 Å². The van der Waals surface area contributed by atoms with Crippen LogP contribution >= 0.6 is 11.6 Å². The highest BCUT2D eigenvalue weighted by Crippen LogP contribution is 2.37. The van der Waals surface area contributed by atoms with Gasteiger partial charge in [-0.2, -0.15) is 4.21 Å². The molecule has 0 saturated carbocycles. The van der Waals surface area contributed by atoms with Gasteiger partial charge in [0.05, 0.1) is 22.0 Å². The summed E-state index contributed by atoms with van der Waals surface area (Å²) in [7, 11) is 0. The van der Waals surface area contributed by atoms with E-state index >= 15 is 0 Å². The van der Waals surface area contributed by atoms with Crippen LogP contribution in [0.2, 0.25) is 5.02 Å². The third-order valence-electron chi connectivity index (χ3n) is 1.57. The van der Waals surface area contributed by atoms with E-state index in [2.05, 4.69) is 4.18 Å². The molecule has 92 valence electrons. The van der Waals surface area contributed by atoms with E-state index in [1.165, 1.54) is 0 Å². The average molecular weight is 283 g/mol. The van der Waals surface area contributed by atoms with Gasteiger partial charge in [0.1, 0.15) is 0 Å². The summed E-state index contributed by atoms with van der Waals surface area (Å²) in [4.78, 5) is 19.1. The highest BCUT2D eigenvalue weighted by atomic mass is 35.5. The number of nitro groups is 2. The Hall–Kier alpha value is -1.78. The number of halogens is 1. The van der Waals surface area contributed by atoms with Crippen molar-refractivity contribution in [2.24, 2.45) is 0 Å². The molecule has 0 heterocycles. The predicted molar refractivity (Wildman–Crippen MR) is 56.2 cm³/mol. The van der Waals surface area contributed by atoms with Crippen LogP contribution in [0.25, 0.3) is 0 Å². The monoisotopic (exact) mass is 282 g/mol. The first kappa shape index (κ1) is 13.3. The van der Waals surface area contributed by atoms with E-state index in [0.717, 1.165) is 0 Å². The van der Waals surface area contributed by atoms with E-state index in [0.29, 0.717) is 12.1 Å². The van der Waals surface area contributed by atoms with Crippen molar-refractivity contribution in [1.29, 1.82) is 0 Å². The number of benzene rings is 1. The van der Waals surface area contributed by atoms with Gasteiger partial charge in [-0.3, -0.25) is 24.8 Å². The van der Waals surface area contributed by atoms with Crippen molar-refractivity contribution in [3.63, 3.8) is 0 Å². The molecular weight excluding hydrogens is 280 g/mol. The van der Waals surface area contributed by atoms with E-state index in [4.69, 9.17) is 16.2 Å². The van der Waals surface area contributed by atoms with Crippen LogP contribution in [0.4, 0.5) is 11.4 Å². The van der Waals surface area contributed by atoms with Crippen LogP contribution in [0.3, 0.4) is 0 Å². The molecule has 0 bridgehead atoms. The molecule has 0 saturated heterocycles. The maximum Gasteiger partial charge on any atom is 0.357 e. The van der Waals surface area contributed by atoms with E-state index in [1.807, 2.05) is 0 Å². The zero-order valence-corrected chi connectivity index (χ0v) is 9.30. The second-order valence-electron chi connectivity index (χ2n) is 2.59. The molecule has 0 spiro atoms. The highest BCUT2D eigenvalue weighted by molar-refractivity contribution is 7.74. The molecule has 0 radical (unpaired) electrons. The minimum atomic E-state index is -2.75. The smallest absolute Gasteiger partial charge is 0.357 e. The zero-order chi connectivity index (χ0) is 13.2. The van der Waals surface area contributed by atoms with Gasteiger partial charge < -0.3 is 4.18 Å². The first-order valence-corrected chi connectivity index (χ1v) is 5.15. The first-order valence-electron chi connectivity index (χ1n) is 3.74. The second kappa shape index (κ2) is 5.03. The SMILES string of the molecule is O=[N+]([O-])c1cc(OS(=O)O)cc([N+](=O)[O-])c1Cl. The van der Waals surface area contributed by atoms with E-state index in [1.54, 1.807) is 0 Å². The summed E-state index contributed by atoms with van der Waals surface area (Å²) in [5.41, 5.74) is -1.58. The summed E-state index contributed by atoms with van der Waals surface area (Å²) in [5.74, 6) is -0.506. The van der Waals surface area contributed by atoms with Crippen molar-refractivity contribution in [2.45, 2.75) is 0 Å². The fourth-order valence-electron chi connectivity index (χ4n) is 0.965. The summed E-state index contributed by atoms with van der Waals surface area (Å²) in [6, 6.07) is 1.42. The molecule has 1 atom stereocenters. The standard InChI is InChI=1S/C6H3ClN2O7S/c7-6-4(8(10)11)1-3(16-17(14)15)2-5(6)9(12)13/h1-2H,(H,14,15). The summed E-state index contributed by atoms with van der Waals surface area (Å²) in [5, 5.41) is 20.4. The Morgan fingerprint density at radius 2 is 1.65 bits per heavy atom. The van der Waals surface area contributed by atoms with Crippen LogP contribution in [0.1, 0.15) is 0 Å². The predicted octanol–water partition coefficient (Wildman–Crippen LogP) is 1.67. The number of rotatable bonds is 4. The Kier molecular flexibility index (Phi) is 3.93. The lowest BCUT2D eigenvalue weighted by atomic mass is 10.2. The molecule has 0 aliphatic rings. The average Bonchev–Trinajstić information content (AvgIpc) is 2.18. The number of nitrogens with zero attached hydrogens (tertiary/aromatic N) is 2. The van der Waals surface area contributed by atoms with Crippen LogP contribution in [0, 0.1) is 20.2 Å². The maximum atomic E-state index is 10.5. The Morgan fingerprint density at radius 1 is 1.24 bits per heavy atom. The Bertz CT molecular complexity index is 484. The van der Waals surface area contributed by atoms with Crippen molar-refractivity contribution >= 4 is 34.3 Å². The lowest BCUT2D eigenvalue weighted by Gasteiger charge is -2.02. The molecular formula is C6H3ClN2O7S. The minimum absolute atomic E-state index is 0.506. The molecule has 1 N–H and O–H groups in total. The van der Waals surface area contributed by atoms with E-state index in [-0.39, 0.29) is 0 Å². The molecule has 1 aromatic carbocycles. The Labute approximate surface area is 101 Å². The van der Waals surface area contributed by atoms with Crippen LogP contribution in [0.5, 0.6) is 5.75 Å². The van der Waals surface area contributed by atoms with Crippen molar-refractivity contribution in [1.82, 2.24) is 0 Å². The van der Waals surface area contributed by atoms with Crippen LogP contribution in [-0.4, -0.2) is 18.6 Å². The van der Waals surface area contributed by atoms with Gasteiger partial charge in [-0.1, -0.05) is 11.6 Å². The molecule has 0 fully saturated rings. The largest absolute Gasteiger partial charge is 0.380 e. The number of hydrogen-bond acceptors (Lipinski definition) is 6. The van der Waals surface area contributed by atoms with Crippen molar-refractivity contribution in [3.8, 4) is 5.75 Å². The zero-order valence-electron chi connectivity index (χ0n) is 7.73. The molecule has 0 amide bonds. The van der Waals surface area contributed by atoms with E-state index in [9.17, 15) is 24.4 Å². The van der Waals surface area contributed by atoms with Crippen LogP contribution in [0.15, 0.2) is 12.1 Å². The third kappa shape index (κ3) is 3.09. The summed E-state index contributed by atoms with van der Waals surface area (Å²) < 4.78 is 23.0. The van der Waals surface area contributed by atoms with Gasteiger partial charge in [0.2, 0.25) is 0 Å². The summed E-state index contributed by atoms with van der Waals surface area (Å²) >= 11 is 2.68. The summed E-state index contributed by atoms with van der Waals surface area (Å²) in [6.07, 6.45) is 0. The fourth-order valence-corrected chi connectivity index (χ4v) is 1.47. The molecule has 0 aromatic heterocycles. The topological polar surface area (TPSA) is 133 Å². The van der Waals surface area contributed by atoms with Gasteiger partial charge in [0.15, 0.2) is 10.8 Å². The molecule has 1 unspecified atom stereocenters. The number of nitro benzene ring substituents is 2.